The number of piperidine rings is 1. The number of ether oxygens (including phenoxy) is 1. The molecule has 1 heterocycles. The quantitative estimate of drug-likeness (QED) is 0.871. The molecule has 2 amide bonds. The van der Waals surface area contributed by atoms with Crippen molar-refractivity contribution in [3.63, 3.8) is 0 Å². The number of carbonyl (C=O) groups excluding carboxylic acids is 2. The van der Waals surface area contributed by atoms with E-state index in [0.717, 1.165) is 13.0 Å². The number of amides is 2. The molecule has 1 fully saturated rings. The summed E-state index contributed by atoms with van der Waals surface area (Å²) in [7, 11) is 0. The molecule has 1 aliphatic rings. The predicted molar refractivity (Wildman–Crippen MR) is 87.5 cm³/mol. The van der Waals surface area contributed by atoms with Crippen LogP contribution in [0.15, 0.2) is 0 Å². The van der Waals surface area contributed by atoms with Gasteiger partial charge in [-0.15, -0.1) is 0 Å². The molecule has 22 heavy (non-hydrogen) atoms. The standard InChI is InChI=1S/C17H32N2O3/c1-11(2)13-8-14(18-16(21)22-17(5,6)7)10-19(9-13)15(20)12(3)4/h11-14H,8-10H2,1-7H3,(H,18,21). The first-order valence-corrected chi connectivity index (χ1v) is 8.28. The molecular formula is C17H32N2O3. The zero-order chi connectivity index (χ0) is 17.1. The Hall–Kier alpha value is -1.26. The number of rotatable bonds is 3. The van der Waals surface area contributed by atoms with Gasteiger partial charge in [0.25, 0.3) is 0 Å². The van der Waals surface area contributed by atoms with Crippen molar-refractivity contribution in [3.8, 4) is 0 Å². The van der Waals surface area contributed by atoms with Crippen LogP contribution in [0.5, 0.6) is 0 Å². The molecule has 0 aliphatic carbocycles. The van der Waals surface area contributed by atoms with Crippen molar-refractivity contribution in [1.82, 2.24) is 10.2 Å². The fourth-order valence-electron chi connectivity index (χ4n) is 2.75. The maximum atomic E-state index is 12.3. The molecule has 1 N–H and O–H groups in total. The van der Waals surface area contributed by atoms with Gasteiger partial charge in [-0.05, 0) is 39.0 Å². The second kappa shape index (κ2) is 7.34. The van der Waals surface area contributed by atoms with Crippen LogP contribution in [0.3, 0.4) is 0 Å². The third-order valence-corrected chi connectivity index (χ3v) is 3.95. The second-order valence-electron chi connectivity index (χ2n) is 7.98. The van der Waals surface area contributed by atoms with Crippen LogP contribution in [0.4, 0.5) is 4.79 Å². The number of alkyl carbamates (subject to hydrolysis) is 1. The second-order valence-corrected chi connectivity index (χ2v) is 7.98. The van der Waals surface area contributed by atoms with E-state index in [-0.39, 0.29) is 17.9 Å². The minimum atomic E-state index is -0.510. The maximum Gasteiger partial charge on any atom is 0.407 e. The molecule has 0 radical (unpaired) electrons. The average Bonchev–Trinajstić information content (AvgIpc) is 2.34. The van der Waals surface area contributed by atoms with Crippen LogP contribution in [0.2, 0.25) is 0 Å². The number of likely N-dealkylation sites (tertiary alicyclic amines) is 1. The number of nitrogens with zero attached hydrogens (tertiary/aromatic N) is 1. The van der Waals surface area contributed by atoms with Crippen LogP contribution in [0, 0.1) is 17.8 Å². The van der Waals surface area contributed by atoms with E-state index in [1.807, 2.05) is 39.5 Å². The summed E-state index contributed by atoms with van der Waals surface area (Å²) in [6.07, 6.45) is 0.484. The van der Waals surface area contributed by atoms with Crippen molar-refractivity contribution >= 4 is 12.0 Å². The molecule has 0 aromatic carbocycles. The molecule has 0 aromatic heterocycles. The van der Waals surface area contributed by atoms with Crippen LogP contribution in [-0.4, -0.2) is 41.6 Å². The molecule has 0 spiro atoms. The molecule has 5 heteroatoms. The van der Waals surface area contributed by atoms with Gasteiger partial charge in [-0.3, -0.25) is 4.79 Å². The molecule has 2 atom stereocenters. The van der Waals surface area contributed by atoms with Crippen molar-refractivity contribution in [2.75, 3.05) is 13.1 Å². The normalized spacial score (nSPS) is 22.9. The highest BCUT2D eigenvalue weighted by atomic mass is 16.6. The lowest BCUT2D eigenvalue weighted by molar-refractivity contribution is -0.137. The zero-order valence-electron chi connectivity index (χ0n) is 15.1. The van der Waals surface area contributed by atoms with Crippen LogP contribution >= 0.6 is 0 Å². The highest BCUT2D eigenvalue weighted by Crippen LogP contribution is 2.25. The maximum absolute atomic E-state index is 12.3. The van der Waals surface area contributed by atoms with Crippen LogP contribution in [0.25, 0.3) is 0 Å². The summed E-state index contributed by atoms with van der Waals surface area (Å²) in [5, 5.41) is 2.93. The van der Waals surface area contributed by atoms with E-state index in [0.29, 0.717) is 18.4 Å². The Bertz CT molecular complexity index is 399. The lowest BCUT2D eigenvalue weighted by Gasteiger charge is -2.40. The zero-order valence-corrected chi connectivity index (χ0v) is 15.1. The lowest BCUT2D eigenvalue weighted by atomic mass is 9.85. The van der Waals surface area contributed by atoms with Crippen LogP contribution in [0.1, 0.15) is 54.9 Å². The number of nitrogens with one attached hydrogen (secondary N) is 1. The minimum Gasteiger partial charge on any atom is -0.444 e. The van der Waals surface area contributed by atoms with E-state index >= 15 is 0 Å². The highest BCUT2D eigenvalue weighted by molar-refractivity contribution is 5.78. The molecule has 0 bridgehead atoms. The van der Waals surface area contributed by atoms with E-state index in [4.69, 9.17) is 4.74 Å². The number of hydrogen-bond donors (Lipinski definition) is 1. The fraction of sp³-hybridized carbons (Fsp3) is 0.882. The van der Waals surface area contributed by atoms with E-state index < -0.39 is 11.7 Å². The lowest BCUT2D eigenvalue weighted by Crippen LogP contribution is -2.54. The molecular weight excluding hydrogens is 280 g/mol. The molecule has 5 nitrogen and oxygen atoms in total. The molecule has 128 valence electrons. The minimum absolute atomic E-state index is 0.0203. The SMILES string of the molecule is CC(C)C(=O)N1CC(NC(=O)OC(C)(C)C)CC(C(C)C)C1. The van der Waals surface area contributed by atoms with Gasteiger partial charge in [0.1, 0.15) is 5.60 Å². The Morgan fingerprint density at radius 3 is 2.18 bits per heavy atom. The van der Waals surface area contributed by atoms with Gasteiger partial charge < -0.3 is 15.0 Å². The Labute approximate surface area is 134 Å². The van der Waals surface area contributed by atoms with Gasteiger partial charge in [-0.2, -0.15) is 0 Å². The first-order chi connectivity index (χ1) is 9.99. The Morgan fingerprint density at radius 2 is 1.73 bits per heavy atom. The first-order valence-electron chi connectivity index (χ1n) is 8.28. The van der Waals surface area contributed by atoms with E-state index in [2.05, 4.69) is 19.2 Å². The Morgan fingerprint density at radius 1 is 1.14 bits per heavy atom. The third-order valence-electron chi connectivity index (χ3n) is 3.95. The monoisotopic (exact) mass is 312 g/mol. The molecule has 1 aliphatic heterocycles. The fourth-order valence-corrected chi connectivity index (χ4v) is 2.75. The molecule has 2 unspecified atom stereocenters. The average molecular weight is 312 g/mol. The summed E-state index contributed by atoms with van der Waals surface area (Å²) in [6.45, 7) is 15.0. The van der Waals surface area contributed by atoms with Gasteiger partial charge in [0.15, 0.2) is 0 Å². The van der Waals surface area contributed by atoms with Crippen molar-refractivity contribution in [2.45, 2.75) is 66.5 Å². The summed E-state index contributed by atoms with van der Waals surface area (Å²) in [4.78, 5) is 26.2. The van der Waals surface area contributed by atoms with Crippen LogP contribution < -0.4 is 5.32 Å². The van der Waals surface area contributed by atoms with Gasteiger partial charge in [-0.1, -0.05) is 27.7 Å². The van der Waals surface area contributed by atoms with Crippen LogP contribution in [-0.2, 0) is 9.53 Å². The summed E-state index contributed by atoms with van der Waals surface area (Å²) in [6, 6.07) is -0.0429. The largest absolute Gasteiger partial charge is 0.444 e. The number of carbonyl (C=O) groups is 2. The summed E-state index contributed by atoms with van der Waals surface area (Å²) < 4.78 is 5.33. The smallest absolute Gasteiger partial charge is 0.407 e. The van der Waals surface area contributed by atoms with Gasteiger partial charge >= 0.3 is 6.09 Å². The predicted octanol–water partition coefficient (Wildman–Crippen LogP) is 3.04. The first kappa shape index (κ1) is 18.8. The molecule has 0 aromatic rings. The highest BCUT2D eigenvalue weighted by Gasteiger charge is 2.33. The number of hydrogen-bond acceptors (Lipinski definition) is 3. The molecule has 1 saturated heterocycles. The van der Waals surface area contributed by atoms with Crippen molar-refractivity contribution in [2.24, 2.45) is 17.8 Å². The topological polar surface area (TPSA) is 58.6 Å². The summed E-state index contributed by atoms with van der Waals surface area (Å²) >= 11 is 0. The molecule has 1 rings (SSSR count). The summed E-state index contributed by atoms with van der Waals surface area (Å²) in [5.74, 6) is 1.01. The third kappa shape index (κ3) is 5.85. The van der Waals surface area contributed by atoms with Gasteiger partial charge in [0.2, 0.25) is 5.91 Å². The molecule has 0 saturated carbocycles. The van der Waals surface area contributed by atoms with Crippen molar-refractivity contribution in [1.29, 1.82) is 0 Å². The van der Waals surface area contributed by atoms with Gasteiger partial charge in [-0.25, -0.2) is 4.79 Å². The van der Waals surface area contributed by atoms with E-state index in [1.165, 1.54) is 0 Å². The van der Waals surface area contributed by atoms with E-state index in [1.54, 1.807) is 0 Å². The van der Waals surface area contributed by atoms with Gasteiger partial charge in [0.05, 0.1) is 6.04 Å². The Kier molecular flexibility index (Phi) is 6.27. The Balaban J connectivity index is 2.72. The van der Waals surface area contributed by atoms with E-state index in [9.17, 15) is 9.59 Å². The van der Waals surface area contributed by atoms with Crippen molar-refractivity contribution in [3.05, 3.63) is 0 Å². The van der Waals surface area contributed by atoms with Gasteiger partial charge in [0, 0.05) is 19.0 Å². The summed E-state index contributed by atoms with van der Waals surface area (Å²) in [5.41, 5.74) is -0.510. The van der Waals surface area contributed by atoms with Crippen molar-refractivity contribution < 1.29 is 14.3 Å².